The van der Waals surface area contributed by atoms with Crippen LogP contribution in [0.1, 0.15) is 17.7 Å². The lowest BCUT2D eigenvalue weighted by molar-refractivity contribution is -0.121. The fourth-order valence-corrected chi connectivity index (χ4v) is 4.96. The minimum atomic E-state index is -0.0143. The van der Waals surface area contributed by atoms with Crippen molar-refractivity contribution in [3.63, 3.8) is 0 Å². The van der Waals surface area contributed by atoms with E-state index in [1.54, 1.807) is 17.1 Å². The molecule has 1 aliphatic rings. The van der Waals surface area contributed by atoms with Crippen LogP contribution in [0.25, 0.3) is 33.3 Å². The van der Waals surface area contributed by atoms with Crippen LogP contribution in [-0.2, 0) is 30.7 Å². The molecule has 8 heteroatoms. The van der Waals surface area contributed by atoms with Crippen LogP contribution in [0.15, 0.2) is 65.8 Å². The van der Waals surface area contributed by atoms with Gasteiger partial charge in [0.15, 0.2) is 5.82 Å². The summed E-state index contributed by atoms with van der Waals surface area (Å²) in [6, 6.07) is 15.7. The van der Waals surface area contributed by atoms with Gasteiger partial charge in [0.05, 0.1) is 22.9 Å². The van der Waals surface area contributed by atoms with Crippen molar-refractivity contribution in [3.05, 3.63) is 82.7 Å². The molecule has 0 radical (unpaired) electrons. The number of H-pyrrole nitrogens is 1. The van der Waals surface area contributed by atoms with Gasteiger partial charge >= 0.3 is 0 Å². The third-order valence-corrected chi connectivity index (χ3v) is 6.57. The van der Waals surface area contributed by atoms with E-state index in [4.69, 9.17) is 4.98 Å². The van der Waals surface area contributed by atoms with Gasteiger partial charge in [0.2, 0.25) is 5.91 Å². The van der Waals surface area contributed by atoms with Gasteiger partial charge in [-0.25, -0.2) is 9.97 Å². The molecule has 6 rings (SSSR count). The standard InChI is InChI=1S/C26H24N6O2/c33-23(28-12-9-17-15-27-16-29-17)11-14-31-22-8-4-2-5-18(22)19-10-13-32-25(24(19)31)30-21-7-3-1-6-20(21)26(32)34/h1-8,15-16H,9-14H2,(H,27,29)(H,28,33). The average molecular weight is 453 g/mol. The Morgan fingerprint density at radius 2 is 1.91 bits per heavy atom. The van der Waals surface area contributed by atoms with Crippen LogP contribution in [0.5, 0.6) is 0 Å². The van der Waals surface area contributed by atoms with Crippen LogP contribution in [0.2, 0.25) is 0 Å². The summed E-state index contributed by atoms with van der Waals surface area (Å²) < 4.78 is 3.94. The molecule has 0 fully saturated rings. The molecule has 0 bridgehead atoms. The molecule has 0 unspecified atom stereocenters. The third kappa shape index (κ3) is 3.39. The van der Waals surface area contributed by atoms with Crippen LogP contribution in [-0.4, -0.2) is 36.5 Å². The molecule has 170 valence electrons. The van der Waals surface area contributed by atoms with Crippen LogP contribution >= 0.6 is 0 Å². The molecule has 0 saturated heterocycles. The number of amides is 1. The first-order chi connectivity index (χ1) is 16.7. The van der Waals surface area contributed by atoms with Gasteiger partial charge in [-0.05, 0) is 30.2 Å². The van der Waals surface area contributed by atoms with E-state index >= 15 is 0 Å². The molecule has 1 aliphatic heterocycles. The molecule has 34 heavy (non-hydrogen) atoms. The highest BCUT2D eigenvalue weighted by Gasteiger charge is 2.27. The number of nitrogens with zero attached hydrogens (tertiary/aromatic N) is 4. The molecule has 5 aromatic rings. The number of hydrogen-bond donors (Lipinski definition) is 2. The van der Waals surface area contributed by atoms with E-state index < -0.39 is 0 Å². The van der Waals surface area contributed by atoms with Gasteiger partial charge in [-0.3, -0.25) is 14.2 Å². The molecule has 2 N–H and O–H groups in total. The van der Waals surface area contributed by atoms with Crippen molar-refractivity contribution >= 4 is 27.7 Å². The number of nitrogens with one attached hydrogen (secondary N) is 2. The Labute approximate surface area is 195 Å². The van der Waals surface area contributed by atoms with Gasteiger partial charge in [-0.15, -0.1) is 0 Å². The topological polar surface area (TPSA) is 97.6 Å². The van der Waals surface area contributed by atoms with Crippen LogP contribution in [0.4, 0.5) is 0 Å². The number of fused-ring (bicyclic) bond motifs is 6. The van der Waals surface area contributed by atoms with Crippen molar-refractivity contribution in [1.29, 1.82) is 0 Å². The summed E-state index contributed by atoms with van der Waals surface area (Å²) in [5, 5.41) is 4.78. The van der Waals surface area contributed by atoms with E-state index in [1.165, 1.54) is 5.56 Å². The van der Waals surface area contributed by atoms with Crippen LogP contribution in [0.3, 0.4) is 0 Å². The lowest BCUT2D eigenvalue weighted by Gasteiger charge is -2.21. The van der Waals surface area contributed by atoms with Gasteiger partial charge < -0.3 is 14.9 Å². The van der Waals surface area contributed by atoms with Gasteiger partial charge in [0.25, 0.3) is 5.56 Å². The zero-order valence-electron chi connectivity index (χ0n) is 18.6. The lowest BCUT2D eigenvalue weighted by Crippen LogP contribution is -2.29. The van der Waals surface area contributed by atoms with Crippen molar-refractivity contribution in [2.24, 2.45) is 0 Å². The average Bonchev–Trinajstić information content (AvgIpc) is 3.49. The number of rotatable bonds is 6. The molecule has 8 nitrogen and oxygen atoms in total. The number of benzene rings is 2. The second-order valence-corrected chi connectivity index (χ2v) is 8.58. The summed E-state index contributed by atoms with van der Waals surface area (Å²) in [5.41, 5.74) is 4.87. The Hall–Kier alpha value is -4.20. The highest BCUT2D eigenvalue weighted by atomic mass is 16.1. The van der Waals surface area contributed by atoms with Crippen molar-refractivity contribution in [3.8, 4) is 11.5 Å². The normalized spacial score (nSPS) is 12.6. The molecular weight excluding hydrogens is 428 g/mol. The minimum Gasteiger partial charge on any atom is -0.356 e. The van der Waals surface area contributed by atoms with Gasteiger partial charge in [0, 0.05) is 55.3 Å². The van der Waals surface area contributed by atoms with Gasteiger partial charge in [-0.2, -0.15) is 0 Å². The Kier molecular flexibility index (Phi) is 4.98. The quantitative estimate of drug-likeness (QED) is 0.414. The van der Waals surface area contributed by atoms with E-state index in [9.17, 15) is 9.59 Å². The monoisotopic (exact) mass is 452 g/mol. The molecule has 0 atom stereocenters. The number of para-hydroxylation sites is 2. The molecular formula is C26H24N6O2. The summed E-state index contributed by atoms with van der Waals surface area (Å²) in [6.07, 6.45) is 5.21. The van der Waals surface area contributed by atoms with Crippen LogP contribution < -0.4 is 10.9 Å². The zero-order chi connectivity index (χ0) is 23.1. The maximum atomic E-state index is 13.2. The third-order valence-electron chi connectivity index (χ3n) is 6.57. The van der Waals surface area contributed by atoms with Gasteiger partial charge in [-0.1, -0.05) is 30.3 Å². The van der Waals surface area contributed by atoms with E-state index in [-0.39, 0.29) is 11.5 Å². The summed E-state index contributed by atoms with van der Waals surface area (Å²) in [5.74, 6) is 0.673. The predicted octanol–water partition coefficient (Wildman–Crippen LogP) is 3.05. The zero-order valence-corrected chi connectivity index (χ0v) is 18.6. The number of aromatic amines is 1. The fourth-order valence-electron chi connectivity index (χ4n) is 4.96. The predicted molar refractivity (Wildman–Crippen MR) is 131 cm³/mol. The molecule has 2 aromatic carbocycles. The molecule has 0 spiro atoms. The van der Waals surface area contributed by atoms with Crippen molar-refractivity contribution in [2.45, 2.75) is 32.4 Å². The Bertz CT molecular complexity index is 1580. The first-order valence-electron chi connectivity index (χ1n) is 11.5. The van der Waals surface area contributed by atoms with Crippen molar-refractivity contribution in [1.82, 2.24) is 29.4 Å². The molecule has 0 saturated carbocycles. The molecule has 0 aliphatic carbocycles. The van der Waals surface area contributed by atoms with E-state index in [1.807, 2.05) is 36.4 Å². The number of aromatic nitrogens is 5. The largest absolute Gasteiger partial charge is 0.356 e. The minimum absolute atomic E-state index is 0.00860. The second-order valence-electron chi connectivity index (χ2n) is 8.58. The molecule has 3 aromatic heterocycles. The summed E-state index contributed by atoms with van der Waals surface area (Å²) in [6.45, 7) is 1.66. The Balaban J connectivity index is 1.36. The highest BCUT2D eigenvalue weighted by molar-refractivity contribution is 5.92. The number of hydrogen-bond acceptors (Lipinski definition) is 4. The molecule has 1 amide bonds. The van der Waals surface area contributed by atoms with Crippen molar-refractivity contribution < 1.29 is 4.79 Å². The smallest absolute Gasteiger partial charge is 0.261 e. The lowest BCUT2D eigenvalue weighted by atomic mass is 10.0. The first-order valence-corrected chi connectivity index (χ1v) is 11.5. The Morgan fingerprint density at radius 1 is 1.09 bits per heavy atom. The first kappa shape index (κ1) is 20.4. The van der Waals surface area contributed by atoms with Crippen LogP contribution in [0, 0.1) is 0 Å². The SMILES string of the molecule is O=C(CCn1c2c(c3ccccc31)CCn1c-2nc2ccccc2c1=O)NCCc1cnc[nH]1. The highest BCUT2D eigenvalue weighted by Crippen LogP contribution is 2.36. The van der Waals surface area contributed by atoms with Gasteiger partial charge in [0.1, 0.15) is 0 Å². The van der Waals surface area contributed by atoms with E-state index in [2.05, 4.69) is 32.0 Å². The maximum absolute atomic E-state index is 13.2. The summed E-state index contributed by atoms with van der Waals surface area (Å²) in [4.78, 5) is 37.8. The fraction of sp³-hybridized carbons (Fsp3) is 0.231. The summed E-state index contributed by atoms with van der Waals surface area (Å²) >= 11 is 0. The number of aryl methyl sites for hydroxylation is 2. The van der Waals surface area contributed by atoms with E-state index in [0.29, 0.717) is 49.2 Å². The van der Waals surface area contributed by atoms with E-state index in [0.717, 1.165) is 28.7 Å². The number of imidazole rings is 1. The number of carbonyl (C=O) groups excluding carboxylic acids is 1. The molecule has 4 heterocycles. The maximum Gasteiger partial charge on any atom is 0.261 e. The van der Waals surface area contributed by atoms with Crippen molar-refractivity contribution in [2.75, 3.05) is 6.54 Å². The number of carbonyl (C=O) groups is 1. The second kappa shape index (κ2) is 8.30. The summed E-state index contributed by atoms with van der Waals surface area (Å²) in [7, 11) is 0. The Morgan fingerprint density at radius 3 is 2.76 bits per heavy atom.